The van der Waals surface area contributed by atoms with Gasteiger partial charge in [0.05, 0.1) is 12.8 Å². The van der Waals surface area contributed by atoms with Crippen LogP contribution < -0.4 is 20.9 Å². The Morgan fingerprint density at radius 3 is 2.69 bits per heavy atom. The molecule has 4 aromatic heterocycles. The number of benzene rings is 1. The summed E-state index contributed by atoms with van der Waals surface area (Å²) in [6.07, 6.45) is 6.77. The van der Waals surface area contributed by atoms with Gasteiger partial charge in [-0.1, -0.05) is 0 Å². The van der Waals surface area contributed by atoms with Crippen LogP contribution in [0.25, 0.3) is 16.7 Å². The number of methoxy groups -OCH3 is 1. The number of anilines is 2. The molecule has 11 nitrogen and oxygen atoms in total. The van der Waals surface area contributed by atoms with Gasteiger partial charge in [0.15, 0.2) is 11.5 Å². The van der Waals surface area contributed by atoms with Gasteiger partial charge in [0.25, 0.3) is 11.5 Å². The molecule has 1 atom stereocenters. The van der Waals surface area contributed by atoms with E-state index in [9.17, 15) is 14.0 Å². The number of carbonyl (C=O) groups is 1. The average Bonchev–Trinajstić information content (AvgIpc) is 3.76. The summed E-state index contributed by atoms with van der Waals surface area (Å²) in [4.78, 5) is 35.2. The molecule has 12 heteroatoms. The van der Waals surface area contributed by atoms with Crippen LogP contribution in [0.2, 0.25) is 0 Å². The van der Waals surface area contributed by atoms with Crippen molar-refractivity contribution in [3.8, 4) is 17.2 Å². The van der Waals surface area contributed by atoms with Gasteiger partial charge in [-0.05, 0) is 73.7 Å². The van der Waals surface area contributed by atoms with Crippen molar-refractivity contribution < 1.29 is 18.7 Å². The number of aromatic amines is 1. The standard InChI is InChI=1S/C30H28FN7O4/c1-17(16-41-2)34-28-26-24(11-12-32-27(26)36-37-28)42-22-9-10-25(33-14-22)35-29(39)23-13-19(18-3-4-18)15-38(30(23)40)21-7-5-20(31)6-8-21/h5-15,17-18H,3-4,16H2,1-2H3,(H,33,35,39)(H2,32,34,36,37)/t17-/m1/s1. The van der Waals surface area contributed by atoms with Crippen LogP contribution in [-0.2, 0) is 4.74 Å². The number of aromatic nitrogens is 5. The Morgan fingerprint density at radius 1 is 1.17 bits per heavy atom. The van der Waals surface area contributed by atoms with Gasteiger partial charge in [0.1, 0.15) is 34.1 Å². The molecule has 0 saturated heterocycles. The lowest BCUT2D eigenvalue weighted by Gasteiger charge is -2.13. The molecule has 0 unspecified atom stereocenters. The Kier molecular flexibility index (Phi) is 7.36. The second-order valence-corrected chi connectivity index (χ2v) is 10.2. The number of pyridine rings is 3. The Hall–Kier alpha value is -5.10. The summed E-state index contributed by atoms with van der Waals surface area (Å²) in [6.45, 7) is 2.46. The number of ether oxygens (including phenoxy) is 2. The molecule has 1 aliphatic carbocycles. The van der Waals surface area contributed by atoms with Crippen LogP contribution in [0.3, 0.4) is 0 Å². The molecule has 1 amide bonds. The SMILES string of the molecule is COC[C@@H](C)Nc1n[nH]c2nccc(Oc3ccc(NC(=O)c4cc(C5CC5)cn(-c5ccc(F)cc5)c4=O)nc3)c12. The molecule has 5 aromatic rings. The average molecular weight is 570 g/mol. The maximum Gasteiger partial charge on any atom is 0.267 e. The first-order valence-corrected chi connectivity index (χ1v) is 13.5. The number of carbonyl (C=O) groups excluding carboxylic acids is 1. The number of rotatable bonds is 10. The van der Waals surface area contributed by atoms with Crippen LogP contribution in [0.15, 0.2) is 71.9 Å². The number of amides is 1. The minimum absolute atomic E-state index is 0.00360. The molecule has 4 heterocycles. The molecule has 1 fully saturated rings. The first kappa shape index (κ1) is 27.1. The van der Waals surface area contributed by atoms with Gasteiger partial charge in [-0.15, -0.1) is 0 Å². The number of hydrogen-bond donors (Lipinski definition) is 3. The summed E-state index contributed by atoms with van der Waals surface area (Å²) in [5, 5.41) is 13.9. The maximum absolute atomic E-state index is 13.5. The molecule has 214 valence electrons. The normalized spacial score (nSPS) is 13.6. The van der Waals surface area contributed by atoms with Crippen molar-refractivity contribution in [1.29, 1.82) is 0 Å². The van der Waals surface area contributed by atoms with Crippen molar-refractivity contribution in [2.24, 2.45) is 0 Å². The highest BCUT2D eigenvalue weighted by Gasteiger charge is 2.27. The molecule has 1 saturated carbocycles. The summed E-state index contributed by atoms with van der Waals surface area (Å²) >= 11 is 0. The van der Waals surface area contributed by atoms with Gasteiger partial charge in [0.2, 0.25) is 0 Å². The van der Waals surface area contributed by atoms with Crippen LogP contribution in [0.5, 0.6) is 11.5 Å². The van der Waals surface area contributed by atoms with Gasteiger partial charge in [-0.3, -0.25) is 19.3 Å². The number of fused-ring (bicyclic) bond motifs is 1. The van der Waals surface area contributed by atoms with E-state index in [0.717, 1.165) is 18.4 Å². The fourth-order valence-corrected chi connectivity index (χ4v) is 4.66. The van der Waals surface area contributed by atoms with E-state index in [4.69, 9.17) is 9.47 Å². The molecule has 0 spiro atoms. The lowest BCUT2D eigenvalue weighted by atomic mass is 10.1. The minimum Gasteiger partial charge on any atom is -0.455 e. The fourth-order valence-electron chi connectivity index (χ4n) is 4.66. The van der Waals surface area contributed by atoms with Crippen LogP contribution in [0, 0.1) is 5.82 Å². The van der Waals surface area contributed by atoms with Gasteiger partial charge < -0.3 is 20.1 Å². The second-order valence-electron chi connectivity index (χ2n) is 10.2. The van der Waals surface area contributed by atoms with Crippen molar-refractivity contribution in [2.75, 3.05) is 24.4 Å². The zero-order valence-electron chi connectivity index (χ0n) is 22.9. The number of nitrogens with zero attached hydrogens (tertiary/aromatic N) is 4. The third-order valence-corrected chi connectivity index (χ3v) is 6.87. The first-order chi connectivity index (χ1) is 20.4. The maximum atomic E-state index is 13.5. The summed E-state index contributed by atoms with van der Waals surface area (Å²) in [7, 11) is 1.63. The number of hydrogen-bond acceptors (Lipinski definition) is 8. The molecular formula is C30H28FN7O4. The first-order valence-electron chi connectivity index (χ1n) is 13.5. The topological polar surface area (TPSA) is 136 Å². The molecule has 6 rings (SSSR count). The quantitative estimate of drug-likeness (QED) is 0.214. The van der Waals surface area contributed by atoms with E-state index in [0.29, 0.717) is 40.6 Å². The van der Waals surface area contributed by atoms with Gasteiger partial charge in [0, 0.05) is 37.3 Å². The van der Waals surface area contributed by atoms with Gasteiger partial charge in [-0.2, -0.15) is 5.10 Å². The van der Waals surface area contributed by atoms with Crippen LogP contribution >= 0.6 is 0 Å². The molecular weight excluding hydrogens is 541 g/mol. The number of halogens is 1. The Morgan fingerprint density at radius 2 is 1.98 bits per heavy atom. The van der Waals surface area contributed by atoms with E-state index in [1.165, 1.54) is 35.0 Å². The minimum atomic E-state index is -0.588. The Labute approximate surface area is 239 Å². The lowest BCUT2D eigenvalue weighted by Crippen LogP contribution is -2.29. The monoisotopic (exact) mass is 569 g/mol. The third-order valence-electron chi connectivity index (χ3n) is 6.87. The number of H-pyrrole nitrogens is 1. The largest absolute Gasteiger partial charge is 0.455 e. The zero-order chi connectivity index (χ0) is 29.2. The highest BCUT2D eigenvalue weighted by atomic mass is 19.1. The van der Waals surface area contributed by atoms with Crippen molar-refractivity contribution in [3.05, 3.63) is 94.4 Å². The Balaban J connectivity index is 1.22. The summed E-state index contributed by atoms with van der Waals surface area (Å²) in [6, 6.07) is 12.2. The molecule has 1 aliphatic rings. The fraction of sp³-hybridized carbons (Fsp3) is 0.233. The van der Waals surface area contributed by atoms with Crippen LogP contribution in [-0.4, -0.2) is 50.4 Å². The smallest absolute Gasteiger partial charge is 0.267 e. The summed E-state index contributed by atoms with van der Waals surface area (Å²) in [5.41, 5.74) is 1.39. The number of nitrogens with one attached hydrogen (secondary N) is 3. The van der Waals surface area contributed by atoms with Crippen molar-refractivity contribution in [1.82, 2.24) is 24.7 Å². The van der Waals surface area contributed by atoms with Crippen molar-refractivity contribution in [2.45, 2.75) is 31.7 Å². The molecule has 3 N–H and O–H groups in total. The van der Waals surface area contributed by atoms with Crippen LogP contribution in [0.4, 0.5) is 16.0 Å². The molecule has 0 bridgehead atoms. The predicted octanol–water partition coefficient (Wildman–Crippen LogP) is 5.01. The lowest BCUT2D eigenvalue weighted by molar-refractivity contribution is 0.102. The van der Waals surface area contributed by atoms with E-state index >= 15 is 0 Å². The third kappa shape index (κ3) is 5.70. The highest BCUT2D eigenvalue weighted by molar-refractivity contribution is 6.03. The van der Waals surface area contributed by atoms with Crippen molar-refractivity contribution in [3.63, 3.8) is 0 Å². The summed E-state index contributed by atoms with van der Waals surface area (Å²) < 4.78 is 26.2. The van der Waals surface area contributed by atoms with Crippen LogP contribution in [0.1, 0.15) is 41.6 Å². The van der Waals surface area contributed by atoms with E-state index in [2.05, 4.69) is 30.8 Å². The highest BCUT2D eigenvalue weighted by Crippen LogP contribution is 2.40. The van der Waals surface area contributed by atoms with Crippen molar-refractivity contribution >= 4 is 28.6 Å². The van der Waals surface area contributed by atoms with E-state index < -0.39 is 17.3 Å². The Bertz CT molecular complexity index is 1800. The van der Waals surface area contributed by atoms with E-state index in [1.54, 1.807) is 43.8 Å². The van der Waals surface area contributed by atoms with Gasteiger partial charge >= 0.3 is 0 Å². The molecule has 0 radical (unpaired) electrons. The zero-order valence-corrected chi connectivity index (χ0v) is 22.9. The summed E-state index contributed by atoms with van der Waals surface area (Å²) in [5.74, 6) is 1.05. The predicted molar refractivity (Wildman–Crippen MR) is 155 cm³/mol. The van der Waals surface area contributed by atoms with E-state index in [-0.39, 0.29) is 23.3 Å². The second kappa shape index (κ2) is 11.4. The van der Waals surface area contributed by atoms with E-state index in [1.807, 2.05) is 6.92 Å². The molecule has 42 heavy (non-hydrogen) atoms. The molecule has 0 aliphatic heterocycles. The molecule has 1 aromatic carbocycles. The van der Waals surface area contributed by atoms with Gasteiger partial charge in [-0.25, -0.2) is 14.4 Å².